The molecule has 1 aliphatic rings. The Bertz CT molecular complexity index is 307. The van der Waals surface area contributed by atoms with Crippen molar-refractivity contribution in [3.05, 3.63) is 0 Å². The van der Waals surface area contributed by atoms with E-state index in [1.807, 2.05) is 0 Å². The van der Waals surface area contributed by atoms with Crippen molar-refractivity contribution < 1.29 is 6.16 Å². The Morgan fingerprint density at radius 2 is 2.00 bits per heavy atom. The molecule has 0 bridgehead atoms. The van der Waals surface area contributed by atoms with Crippen molar-refractivity contribution in [1.29, 1.82) is 0 Å². The van der Waals surface area contributed by atoms with Crippen LogP contribution in [0.5, 0.6) is 0 Å². The Hall–Kier alpha value is -0.770. The lowest BCUT2D eigenvalue weighted by Crippen LogP contribution is -2.47. The van der Waals surface area contributed by atoms with Crippen LogP contribution in [-0.4, -0.2) is 49.7 Å². The van der Waals surface area contributed by atoms with Crippen LogP contribution in [0.25, 0.3) is 0 Å². The van der Waals surface area contributed by atoms with Gasteiger partial charge in [-0.2, -0.15) is 0 Å². The number of guanidine groups is 1. The number of methoxy groups -OCH3 is 1. The standard InChI is InChI=1S/C18H37N3O.H2/c1-5-11-16(6-2)19-18(21(7-3)14-15-22-4)20-17-12-9-8-10-13-17;/h16-17H,5-15H2,1-4H3,(H,19,20);1H. The van der Waals surface area contributed by atoms with Gasteiger partial charge < -0.3 is 15.0 Å². The zero-order valence-corrected chi connectivity index (χ0v) is 15.2. The Kier molecular flexibility index (Phi) is 10.3. The smallest absolute Gasteiger partial charge is 0.194 e. The van der Waals surface area contributed by atoms with Gasteiger partial charge in [-0.1, -0.05) is 39.5 Å². The average Bonchev–Trinajstić information content (AvgIpc) is 2.55. The zero-order valence-electron chi connectivity index (χ0n) is 15.2. The summed E-state index contributed by atoms with van der Waals surface area (Å²) >= 11 is 0. The van der Waals surface area contributed by atoms with Crippen LogP contribution in [0.1, 0.15) is 73.6 Å². The SMILES string of the molecule is CCCC(CC)NC(=NC1CCCCC1)N(CC)CCOC.[HH]. The lowest BCUT2D eigenvalue weighted by atomic mass is 9.96. The molecule has 22 heavy (non-hydrogen) atoms. The van der Waals surface area contributed by atoms with E-state index in [0.717, 1.165) is 32.1 Å². The minimum atomic E-state index is 0. The third-order valence-corrected chi connectivity index (χ3v) is 4.59. The Labute approximate surface area is 139 Å². The Morgan fingerprint density at radius 3 is 2.55 bits per heavy atom. The fourth-order valence-corrected chi connectivity index (χ4v) is 3.12. The van der Waals surface area contributed by atoms with Crippen LogP contribution in [0.4, 0.5) is 0 Å². The van der Waals surface area contributed by atoms with Crippen LogP contribution in [0.3, 0.4) is 0 Å². The summed E-state index contributed by atoms with van der Waals surface area (Å²) in [4.78, 5) is 7.45. The van der Waals surface area contributed by atoms with Gasteiger partial charge in [0.05, 0.1) is 12.6 Å². The van der Waals surface area contributed by atoms with Gasteiger partial charge in [-0.25, -0.2) is 4.99 Å². The van der Waals surface area contributed by atoms with Crippen LogP contribution in [0, 0.1) is 0 Å². The van der Waals surface area contributed by atoms with E-state index in [9.17, 15) is 0 Å². The van der Waals surface area contributed by atoms with Gasteiger partial charge in [-0.15, -0.1) is 0 Å². The molecule has 1 atom stereocenters. The highest BCUT2D eigenvalue weighted by atomic mass is 16.5. The van der Waals surface area contributed by atoms with Crippen molar-refractivity contribution >= 4 is 5.96 Å². The van der Waals surface area contributed by atoms with E-state index in [4.69, 9.17) is 9.73 Å². The first-order valence-electron chi connectivity index (χ1n) is 9.33. The second-order valence-corrected chi connectivity index (χ2v) is 6.36. The summed E-state index contributed by atoms with van der Waals surface area (Å²) in [5, 5.41) is 3.73. The first kappa shape index (κ1) is 19.3. The second kappa shape index (κ2) is 11.8. The molecule has 0 aliphatic heterocycles. The first-order valence-corrected chi connectivity index (χ1v) is 9.33. The maximum atomic E-state index is 5.27. The lowest BCUT2D eigenvalue weighted by molar-refractivity contribution is 0.175. The molecular weight excluding hydrogens is 274 g/mol. The molecule has 132 valence electrons. The Morgan fingerprint density at radius 1 is 1.27 bits per heavy atom. The molecule has 1 unspecified atom stereocenters. The number of hydrogen-bond acceptors (Lipinski definition) is 2. The molecule has 0 aromatic carbocycles. The summed E-state index contributed by atoms with van der Waals surface area (Å²) in [6.45, 7) is 9.36. The van der Waals surface area contributed by atoms with Crippen LogP contribution in [0.15, 0.2) is 4.99 Å². The van der Waals surface area contributed by atoms with E-state index in [1.165, 1.54) is 44.9 Å². The molecule has 1 rings (SSSR count). The van der Waals surface area contributed by atoms with E-state index in [2.05, 4.69) is 31.0 Å². The molecule has 4 heteroatoms. The van der Waals surface area contributed by atoms with E-state index in [1.54, 1.807) is 7.11 Å². The van der Waals surface area contributed by atoms with Gasteiger partial charge in [-0.05, 0) is 32.6 Å². The molecular formula is C18H39N3O. The van der Waals surface area contributed by atoms with Crippen molar-refractivity contribution in [1.82, 2.24) is 10.2 Å². The molecule has 0 saturated heterocycles. The summed E-state index contributed by atoms with van der Waals surface area (Å²) < 4.78 is 5.27. The predicted octanol–water partition coefficient (Wildman–Crippen LogP) is 4.06. The fourth-order valence-electron chi connectivity index (χ4n) is 3.12. The zero-order chi connectivity index (χ0) is 16.2. The normalized spacial score (nSPS) is 18.3. The van der Waals surface area contributed by atoms with Crippen molar-refractivity contribution in [3.8, 4) is 0 Å². The molecule has 0 amide bonds. The number of nitrogens with zero attached hydrogens (tertiary/aromatic N) is 2. The summed E-state index contributed by atoms with van der Waals surface area (Å²) in [5.74, 6) is 1.10. The van der Waals surface area contributed by atoms with E-state index in [-0.39, 0.29) is 1.43 Å². The molecule has 0 heterocycles. The quantitative estimate of drug-likeness (QED) is 0.515. The van der Waals surface area contributed by atoms with Gasteiger partial charge in [0.15, 0.2) is 5.96 Å². The van der Waals surface area contributed by atoms with Crippen molar-refractivity contribution in [3.63, 3.8) is 0 Å². The first-order chi connectivity index (χ1) is 10.7. The van der Waals surface area contributed by atoms with E-state index in [0.29, 0.717) is 12.1 Å². The monoisotopic (exact) mass is 313 g/mol. The molecule has 1 aliphatic carbocycles. The van der Waals surface area contributed by atoms with Crippen molar-refractivity contribution in [2.24, 2.45) is 4.99 Å². The number of ether oxygens (including phenoxy) is 1. The summed E-state index contributed by atoms with van der Waals surface area (Å²) in [6.07, 6.45) is 10.1. The molecule has 4 nitrogen and oxygen atoms in total. The van der Waals surface area contributed by atoms with E-state index >= 15 is 0 Å². The van der Waals surface area contributed by atoms with Crippen molar-refractivity contribution in [2.45, 2.75) is 84.2 Å². The van der Waals surface area contributed by atoms with Crippen LogP contribution >= 0.6 is 0 Å². The molecule has 1 N–H and O–H groups in total. The van der Waals surface area contributed by atoms with Gasteiger partial charge in [-0.3, -0.25) is 0 Å². The molecule has 1 fully saturated rings. The predicted molar refractivity (Wildman–Crippen MR) is 97.7 cm³/mol. The van der Waals surface area contributed by atoms with Crippen LogP contribution < -0.4 is 5.32 Å². The number of rotatable bonds is 9. The van der Waals surface area contributed by atoms with Crippen LogP contribution in [0.2, 0.25) is 0 Å². The molecule has 1 saturated carbocycles. The highest BCUT2D eigenvalue weighted by Gasteiger charge is 2.18. The molecule has 0 aromatic rings. The van der Waals surface area contributed by atoms with Gasteiger partial charge in [0.1, 0.15) is 0 Å². The topological polar surface area (TPSA) is 36.9 Å². The van der Waals surface area contributed by atoms with Crippen LogP contribution in [-0.2, 0) is 4.74 Å². The van der Waals surface area contributed by atoms with E-state index < -0.39 is 0 Å². The van der Waals surface area contributed by atoms with Crippen molar-refractivity contribution in [2.75, 3.05) is 26.8 Å². The third kappa shape index (κ3) is 6.99. The van der Waals surface area contributed by atoms with Gasteiger partial charge in [0, 0.05) is 27.7 Å². The number of nitrogens with one attached hydrogen (secondary N) is 1. The van der Waals surface area contributed by atoms with Gasteiger partial charge >= 0.3 is 0 Å². The summed E-state index contributed by atoms with van der Waals surface area (Å²) in [5.41, 5.74) is 0. The highest BCUT2D eigenvalue weighted by Crippen LogP contribution is 2.20. The largest absolute Gasteiger partial charge is 0.383 e. The third-order valence-electron chi connectivity index (χ3n) is 4.59. The molecule has 0 spiro atoms. The van der Waals surface area contributed by atoms with Gasteiger partial charge in [0.25, 0.3) is 0 Å². The highest BCUT2D eigenvalue weighted by molar-refractivity contribution is 5.80. The minimum Gasteiger partial charge on any atom is -0.383 e. The minimum absolute atomic E-state index is 0. The Balaban J connectivity index is 0.00000484. The number of likely N-dealkylation sites (N-methyl/N-ethyl adjacent to an activating group) is 1. The summed E-state index contributed by atoms with van der Waals surface area (Å²) in [6, 6.07) is 1.04. The number of hydrogen-bond donors (Lipinski definition) is 1. The van der Waals surface area contributed by atoms with Gasteiger partial charge in [0.2, 0.25) is 0 Å². The number of aliphatic imine (C=N–C) groups is 1. The molecule has 0 aromatic heterocycles. The second-order valence-electron chi connectivity index (χ2n) is 6.36. The molecule has 0 radical (unpaired) electrons. The fraction of sp³-hybridized carbons (Fsp3) is 0.944. The lowest BCUT2D eigenvalue weighted by Gasteiger charge is -2.30. The average molecular weight is 314 g/mol. The maximum absolute atomic E-state index is 5.27. The summed E-state index contributed by atoms with van der Waals surface area (Å²) in [7, 11) is 1.77. The maximum Gasteiger partial charge on any atom is 0.194 e.